The largest absolute Gasteiger partial charge is 0.495 e. The molecule has 6 heteroatoms. The van der Waals surface area contributed by atoms with Gasteiger partial charge in [0.25, 0.3) is 0 Å². The molecule has 1 heterocycles. The fourth-order valence-corrected chi connectivity index (χ4v) is 2.82. The number of nitrogens with one attached hydrogen (secondary N) is 2. The summed E-state index contributed by atoms with van der Waals surface area (Å²) in [7, 11) is 1.57. The van der Waals surface area contributed by atoms with Crippen LogP contribution in [0, 0.1) is 0 Å². The molecular formula is C21H20ClN3O2. The molecule has 1 amide bonds. The molecule has 138 valence electrons. The van der Waals surface area contributed by atoms with E-state index >= 15 is 0 Å². The molecule has 3 rings (SSSR count). The quantitative estimate of drug-likeness (QED) is 0.600. The van der Waals surface area contributed by atoms with Gasteiger partial charge in [0, 0.05) is 12.1 Å². The van der Waals surface area contributed by atoms with Crippen molar-refractivity contribution in [3.05, 3.63) is 77.4 Å². The number of halogens is 1. The van der Waals surface area contributed by atoms with Crippen molar-refractivity contribution in [2.24, 2.45) is 0 Å². The van der Waals surface area contributed by atoms with E-state index in [1.165, 1.54) is 0 Å². The Balaban J connectivity index is 1.53. The summed E-state index contributed by atoms with van der Waals surface area (Å²) in [5, 5.41) is 6.54. The standard InChI is InChI=1S/C21H20ClN3O2/c1-27-19-10-8-16(13-18(19)22)24-20-11-9-17(14-23-20)25-21(26)12-7-15-5-3-2-4-6-15/h2-6,8-11,13-14H,7,12H2,1H3,(H,23,24)(H,25,26). The van der Waals surface area contributed by atoms with E-state index in [1.807, 2.05) is 36.4 Å². The number of amides is 1. The van der Waals surface area contributed by atoms with Crippen LogP contribution in [0.5, 0.6) is 5.75 Å². The lowest BCUT2D eigenvalue weighted by Gasteiger charge is -2.09. The Morgan fingerprint density at radius 2 is 1.85 bits per heavy atom. The van der Waals surface area contributed by atoms with Crippen LogP contribution in [-0.4, -0.2) is 18.0 Å². The van der Waals surface area contributed by atoms with E-state index in [0.29, 0.717) is 35.1 Å². The van der Waals surface area contributed by atoms with Gasteiger partial charge in [-0.2, -0.15) is 0 Å². The van der Waals surface area contributed by atoms with Crippen molar-refractivity contribution < 1.29 is 9.53 Å². The Bertz CT molecular complexity index is 899. The van der Waals surface area contributed by atoms with Crippen LogP contribution in [0.25, 0.3) is 0 Å². The minimum atomic E-state index is -0.0386. The molecule has 0 fully saturated rings. The van der Waals surface area contributed by atoms with E-state index in [0.717, 1.165) is 11.3 Å². The van der Waals surface area contributed by atoms with Gasteiger partial charge in [0.2, 0.25) is 5.91 Å². The number of hydrogen-bond acceptors (Lipinski definition) is 4. The maximum absolute atomic E-state index is 12.1. The first-order chi connectivity index (χ1) is 13.1. The van der Waals surface area contributed by atoms with Crippen LogP contribution in [0.15, 0.2) is 66.9 Å². The van der Waals surface area contributed by atoms with Crippen LogP contribution in [0.3, 0.4) is 0 Å². The van der Waals surface area contributed by atoms with Gasteiger partial charge in [-0.3, -0.25) is 4.79 Å². The minimum Gasteiger partial charge on any atom is -0.495 e. The molecule has 2 N–H and O–H groups in total. The maximum Gasteiger partial charge on any atom is 0.224 e. The van der Waals surface area contributed by atoms with Crippen LogP contribution in [0.1, 0.15) is 12.0 Å². The average Bonchev–Trinajstić information content (AvgIpc) is 2.69. The van der Waals surface area contributed by atoms with Gasteiger partial charge < -0.3 is 15.4 Å². The predicted molar refractivity (Wildman–Crippen MR) is 109 cm³/mol. The second-order valence-corrected chi connectivity index (χ2v) is 6.35. The van der Waals surface area contributed by atoms with E-state index in [-0.39, 0.29) is 5.91 Å². The number of methoxy groups -OCH3 is 1. The third kappa shape index (κ3) is 5.46. The second-order valence-electron chi connectivity index (χ2n) is 5.94. The molecule has 5 nitrogen and oxygen atoms in total. The van der Waals surface area contributed by atoms with Crippen molar-refractivity contribution in [2.75, 3.05) is 17.7 Å². The maximum atomic E-state index is 12.1. The number of benzene rings is 2. The number of carbonyl (C=O) groups is 1. The summed E-state index contributed by atoms with van der Waals surface area (Å²) in [5.74, 6) is 1.23. The second kappa shape index (κ2) is 9.05. The third-order valence-corrected chi connectivity index (χ3v) is 4.25. The summed E-state index contributed by atoms with van der Waals surface area (Å²) in [4.78, 5) is 16.4. The first kappa shape index (κ1) is 18.7. The Hall–Kier alpha value is -3.05. The van der Waals surface area contributed by atoms with Crippen molar-refractivity contribution in [1.82, 2.24) is 4.98 Å². The monoisotopic (exact) mass is 381 g/mol. The van der Waals surface area contributed by atoms with Crippen LogP contribution in [-0.2, 0) is 11.2 Å². The normalized spacial score (nSPS) is 10.3. The van der Waals surface area contributed by atoms with Gasteiger partial charge in [-0.25, -0.2) is 4.98 Å². The van der Waals surface area contributed by atoms with Crippen molar-refractivity contribution in [1.29, 1.82) is 0 Å². The summed E-state index contributed by atoms with van der Waals surface area (Å²) in [6.45, 7) is 0. The number of rotatable bonds is 7. The van der Waals surface area contributed by atoms with Crippen LogP contribution in [0.2, 0.25) is 5.02 Å². The number of aromatic nitrogens is 1. The zero-order valence-corrected chi connectivity index (χ0v) is 15.7. The fourth-order valence-electron chi connectivity index (χ4n) is 2.56. The summed E-state index contributed by atoms with van der Waals surface area (Å²) in [6.07, 6.45) is 2.75. The van der Waals surface area contributed by atoms with Gasteiger partial charge in [-0.1, -0.05) is 41.9 Å². The zero-order chi connectivity index (χ0) is 19.1. The first-order valence-corrected chi connectivity index (χ1v) is 8.92. The highest BCUT2D eigenvalue weighted by molar-refractivity contribution is 6.32. The zero-order valence-electron chi connectivity index (χ0n) is 14.9. The number of aryl methyl sites for hydroxylation is 1. The van der Waals surface area contributed by atoms with E-state index in [1.54, 1.807) is 37.6 Å². The smallest absolute Gasteiger partial charge is 0.224 e. The molecule has 0 radical (unpaired) electrons. The number of ether oxygens (including phenoxy) is 1. The molecule has 0 spiro atoms. The molecule has 27 heavy (non-hydrogen) atoms. The molecule has 0 saturated heterocycles. The molecular weight excluding hydrogens is 362 g/mol. The minimum absolute atomic E-state index is 0.0386. The molecule has 0 aliphatic heterocycles. The molecule has 1 aromatic heterocycles. The van der Waals surface area contributed by atoms with Crippen molar-refractivity contribution in [2.45, 2.75) is 12.8 Å². The first-order valence-electron chi connectivity index (χ1n) is 8.54. The van der Waals surface area contributed by atoms with E-state index in [2.05, 4.69) is 15.6 Å². The Kier molecular flexibility index (Phi) is 6.28. The van der Waals surface area contributed by atoms with Gasteiger partial charge >= 0.3 is 0 Å². The fraction of sp³-hybridized carbons (Fsp3) is 0.143. The molecule has 0 unspecified atom stereocenters. The Labute approximate surface area is 163 Å². The molecule has 3 aromatic rings. The molecule has 0 atom stereocenters. The molecule has 0 bridgehead atoms. The Morgan fingerprint density at radius 3 is 2.52 bits per heavy atom. The summed E-state index contributed by atoms with van der Waals surface area (Å²) in [6, 6.07) is 18.9. The highest BCUT2D eigenvalue weighted by Gasteiger charge is 2.05. The van der Waals surface area contributed by atoms with E-state index < -0.39 is 0 Å². The topological polar surface area (TPSA) is 63.2 Å². The van der Waals surface area contributed by atoms with Crippen LogP contribution >= 0.6 is 11.6 Å². The third-order valence-electron chi connectivity index (χ3n) is 3.96. The number of anilines is 3. The van der Waals surface area contributed by atoms with Gasteiger partial charge in [0.1, 0.15) is 11.6 Å². The summed E-state index contributed by atoms with van der Waals surface area (Å²) < 4.78 is 5.14. The van der Waals surface area contributed by atoms with Gasteiger partial charge in [-0.15, -0.1) is 0 Å². The molecule has 0 aliphatic rings. The highest BCUT2D eigenvalue weighted by Crippen LogP contribution is 2.28. The van der Waals surface area contributed by atoms with E-state index in [4.69, 9.17) is 16.3 Å². The van der Waals surface area contributed by atoms with E-state index in [9.17, 15) is 4.79 Å². The lowest BCUT2D eigenvalue weighted by atomic mass is 10.1. The number of hydrogen-bond donors (Lipinski definition) is 2. The van der Waals surface area contributed by atoms with Crippen molar-refractivity contribution >= 4 is 34.7 Å². The molecule has 0 aliphatic carbocycles. The van der Waals surface area contributed by atoms with Crippen LogP contribution < -0.4 is 15.4 Å². The van der Waals surface area contributed by atoms with Crippen LogP contribution in [0.4, 0.5) is 17.2 Å². The number of pyridine rings is 1. The predicted octanol–water partition coefficient (Wildman–Crippen LogP) is 5.06. The summed E-state index contributed by atoms with van der Waals surface area (Å²) >= 11 is 6.12. The van der Waals surface area contributed by atoms with Crippen molar-refractivity contribution in [3.63, 3.8) is 0 Å². The lowest BCUT2D eigenvalue weighted by Crippen LogP contribution is -2.12. The number of nitrogens with zero attached hydrogens (tertiary/aromatic N) is 1. The van der Waals surface area contributed by atoms with Gasteiger partial charge in [-0.05, 0) is 42.3 Å². The average molecular weight is 382 g/mol. The lowest BCUT2D eigenvalue weighted by molar-refractivity contribution is -0.116. The molecule has 2 aromatic carbocycles. The SMILES string of the molecule is COc1ccc(Nc2ccc(NC(=O)CCc3ccccc3)cn2)cc1Cl. The summed E-state index contributed by atoms with van der Waals surface area (Å²) in [5.41, 5.74) is 2.60. The Morgan fingerprint density at radius 1 is 1.07 bits per heavy atom. The highest BCUT2D eigenvalue weighted by atomic mass is 35.5. The van der Waals surface area contributed by atoms with Gasteiger partial charge in [0.15, 0.2) is 0 Å². The van der Waals surface area contributed by atoms with Gasteiger partial charge in [0.05, 0.1) is 24.0 Å². The van der Waals surface area contributed by atoms with Crippen molar-refractivity contribution in [3.8, 4) is 5.75 Å². The molecule has 0 saturated carbocycles. The number of carbonyl (C=O) groups excluding carboxylic acids is 1.